The second-order valence-corrected chi connectivity index (χ2v) is 4.38. The van der Waals surface area contributed by atoms with Crippen LogP contribution in [0.4, 0.5) is 0 Å². The molecule has 0 fully saturated rings. The van der Waals surface area contributed by atoms with Gasteiger partial charge in [-0.25, -0.2) is 0 Å². The molecule has 18 heavy (non-hydrogen) atoms. The lowest BCUT2D eigenvalue weighted by Crippen LogP contribution is -2.23. The topological polar surface area (TPSA) is 46.9 Å². The molecule has 1 aromatic carbocycles. The molecule has 0 aliphatic carbocycles. The van der Waals surface area contributed by atoms with Crippen molar-refractivity contribution in [2.75, 3.05) is 0 Å². The molecule has 1 aromatic heterocycles. The van der Waals surface area contributed by atoms with Crippen LogP contribution in [-0.2, 0) is 13.6 Å². The summed E-state index contributed by atoms with van der Waals surface area (Å²) in [5.41, 5.74) is 3.82. The number of benzene rings is 1. The minimum Gasteiger partial charge on any atom is -0.348 e. The summed E-state index contributed by atoms with van der Waals surface area (Å²) >= 11 is 0. The first kappa shape index (κ1) is 12.4. The van der Waals surface area contributed by atoms with Crippen LogP contribution in [0.5, 0.6) is 0 Å². The Kier molecular flexibility index (Phi) is 3.46. The molecule has 0 spiro atoms. The molecule has 2 rings (SSSR count). The van der Waals surface area contributed by atoms with E-state index in [0.29, 0.717) is 6.54 Å². The number of aryl methyl sites for hydroxylation is 2. The molecule has 1 N–H and O–H groups in total. The lowest BCUT2D eigenvalue weighted by molar-refractivity contribution is 0.0950. The molecule has 0 radical (unpaired) electrons. The SMILES string of the molecule is Cc1ccccc1C(=O)NCc1cnn(C)c1C. The maximum atomic E-state index is 12.0. The molecule has 1 amide bonds. The molecule has 0 saturated heterocycles. The average Bonchev–Trinajstić information content (AvgIpc) is 2.68. The van der Waals surface area contributed by atoms with Crippen molar-refractivity contribution in [3.8, 4) is 0 Å². The summed E-state index contributed by atoms with van der Waals surface area (Å²) in [6, 6.07) is 7.57. The van der Waals surface area contributed by atoms with Gasteiger partial charge in [0.2, 0.25) is 0 Å². The van der Waals surface area contributed by atoms with Gasteiger partial charge in [-0.15, -0.1) is 0 Å². The Bertz CT molecular complexity index is 572. The van der Waals surface area contributed by atoms with Crippen molar-refractivity contribution in [1.29, 1.82) is 0 Å². The van der Waals surface area contributed by atoms with Crippen molar-refractivity contribution in [2.45, 2.75) is 20.4 Å². The number of hydrogen-bond donors (Lipinski definition) is 1. The van der Waals surface area contributed by atoms with Crippen LogP contribution >= 0.6 is 0 Å². The van der Waals surface area contributed by atoms with Crippen LogP contribution in [0.25, 0.3) is 0 Å². The quantitative estimate of drug-likeness (QED) is 0.895. The van der Waals surface area contributed by atoms with E-state index >= 15 is 0 Å². The molecule has 94 valence electrons. The number of amides is 1. The lowest BCUT2D eigenvalue weighted by atomic mass is 10.1. The van der Waals surface area contributed by atoms with Crippen LogP contribution < -0.4 is 5.32 Å². The van der Waals surface area contributed by atoms with Crippen molar-refractivity contribution in [3.05, 3.63) is 52.8 Å². The molecule has 2 aromatic rings. The third-order valence-corrected chi connectivity index (χ3v) is 3.17. The van der Waals surface area contributed by atoms with Gasteiger partial charge < -0.3 is 5.32 Å². The third kappa shape index (κ3) is 2.42. The molecule has 0 unspecified atom stereocenters. The van der Waals surface area contributed by atoms with Crippen molar-refractivity contribution in [1.82, 2.24) is 15.1 Å². The molecule has 0 saturated carbocycles. The fourth-order valence-corrected chi connectivity index (χ4v) is 1.82. The zero-order chi connectivity index (χ0) is 13.1. The fourth-order valence-electron chi connectivity index (χ4n) is 1.82. The Hall–Kier alpha value is -2.10. The van der Waals surface area contributed by atoms with Gasteiger partial charge in [-0.3, -0.25) is 9.48 Å². The summed E-state index contributed by atoms with van der Waals surface area (Å²) in [5, 5.41) is 7.07. The highest BCUT2D eigenvalue weighted by Gasteiger charge is 2.09. The normalized spacial score (nSPS) is 10.4. The minimum absolute atomic E-state index is 0.0450. The number of hydrogen-bond acceptors (Lipinski definition) is 2. The molecule has 0 aliphatic heterocycles. The molecule has 0 atom stereocenters. The fraction of sp³-hybridized carbons (Fsp3) is 0.286. The van der Waals surface area contributed by atoms with Crippen molar-refractivity contribution >= 4 is 5.91 Å². The molecular formula is C14H17N3O. The Morgan fingerprint density at radius 1 is 1.33 bits per heavy atom. The van der Waals surface area contributed by atoms with Gasteiger partial charge in [0.1, 0.15) is 0 Å². The van der Waals surface area contributed by atoms with Crippen LogP contribution in [-0.4, -0.2) is 15.7 Å². The Labute approximate surface area is 107 Å². The van der Waals surface area contributed by atoms with Gasteiger partial charge in [-0.1, -0.05) is 18.2 Å². The summed E-state index contributed by atoms with van der Waals surface area (Å²) in [6.07, 6.45) is 1.79. The highest BCUT2D eigenvalue weighted by atomic mass is 16.1. The average molecular weight is 243 g/mol. The van der Waals surface area contributed by atoms with Crippen LogP contribution in [0.3, 0.4) is 0 Å². The van der Waals surface area contributed by atoms with Gasteiger partial charge in [-0.2, -0.15) is 5.10 Å². The monoisotopic (exact) mass is 243 g/mol. The van der Waals surface area contributed by atoms with Gasteiger partial charge in [0.15, 0.2) is 0 Å². The first-order valence-electron chi connectivity index (χ1n) is 5.91. The van der Waals surface area contributed by atoms with E-state index in [2.05, 4.69) is 10.4 Å². The Morgan fingerprint density at radius 3 is 2.67 bits per heavy atom. The highest BCUT2D eigenvalue weighted by Crippen LogP contribution is 2.08. The predicted octanol–water partition coefficient (Wildman–Crippen LogP) is 1.97. The van der Waals surface area contributed by atoms with Crippen LogP contribution in [0, 0.1) is 13.8 Å². The van der Waals surface area contributed by atoms with Gasteiger partial charge in [0, 0.05) is 30.4 Å². The molecule has 0 bridgehead atoms. The summed E-state index contributed by atoms with van der Waals surface area (Å²) < 4.78 is 1.80. The van der Waals surface area contributed by atoms with E-state index in [-0.39, 0.29) is 5.91 Å². The van der Waals surface area contributed by atoms with E-state index in [1.807, 2.05) is 45.2 Å². The van der Waals surface area contributed by atoms with Gasteiger partial charge in [0.25, 0.3) is 5.91 Å². The Morgan fingerprint density at radius 2 is 2.06 bits per heavy atom. The zero-order valence-corrected chi connectivity index (χ0v) is 10.9. The zero-order valence-electron chi connectivity index (χ0n) is 10.9. The second kappa shape index (κ2) is 5.04. The van der Waals surface area contributed by atoms with Crippen molar-refractivity contribution < 1.29 is 4.79 Å². The van der Waals surface area contributed by atoms with Gasteiger partial charge in [0.05, 0.1) is 6.20 Å². The number of nitrogens with one attached hydrogen (secondary N) is 1. The van der Waals surface area contributed by atoms with E-state index in [1.165, 1.54) is 0 Å². The predicted molar refractivity (Wildman–Crippen MR) is 70.3 cm³/mol. The van der Waals surface area contributed by atoms with Crippen LogP contribution in [0.1, 0.15) is 27.2 Å². The lowest BCUT2D eigenvalue weighted by Gasteiger charge is -2.07. The largest absolute Gasteiger partial charge is 0.348 e. The molecular weight excluding hydrogens is 226 g/mol. The van der Waals surface area contributed by atoms with E-state index in [4.69, 9.17) is 0 Å². The van der Waals surface area contributed by atoms with Crippen molar-refractivity contribution in [3.63, 3.8) is 0 Å². The Balaban J connectivity index is 2.05. The summed E-state index contributed by atoms with van der Waals surface area (Å²) in [4.78, 5) is 12.0. The molecule has 4 heteroatoms. The first-order chi connectivity index (χ1) is 8.59. The maximum absolute atomic E-state index is 12.0. The number of carbonyl (C=O) groups excluding carboxylic acids is 1. The van der Waals surface area contributed by atoms with E-state index in [1.54, 1.807) is 10.9 Å². The summed E-state index contributed by atoms with van der Waals surface area (Å²) in [6.45, 7) is 4.43. The molecule has 4 nitrogen and oxygen atoms in total. The van der Waals surface area contributed by atoms with E-state index in [0.717, 1.165) is 22.4 Å². The first-order valence-corrected chi connectivity index (χ1v) is 5.91. The van der Waals surface area contributed by atoms with E-state index in [9.17, 15) is 4.79 Å². The maximum Gasteiger partial charge on any atom is 0.251 e. The van der Waals surface area contributed by atoms with Crippen molar-refractivity contribution in [2.24, 2.45) is 7.05 Å². The standard InChI is InChI=1S/C14H17N3O/c1-10-6-4-5-7-13(10)14(18)15-8-12-9-16-17(3)11(12)2/h4-7,9H,8H2,1-3H3,(H,15,18). The number of carbonyl (C=O) groups is 1. The van der Waals surface area contributed by atoms with Crippen LogP contribution in [0.2, 0.25) is 0 Å². The number of aromatic nitrogens is 2. The van der Waals surface area contributed by atoms with E-state index < -0.39 is 0 Å². The highest BCUT2D eigenvalue weighted by molar-refractivity contribution is 5.95. The van der Waals surface area contributed by atoms with Crippen LogP contribution in [0.15, 0.2) is 30.5 Å². The number of rotatable bonds is 3. The summed E-state index contributed by atoms with van der Waals surface area (Å²) in [7, 11) is 1.89. The third-order valence-electron chi connectivity index (χ3n) is 3.17. The smallest absolute Gasteiger partial charge is 0.251 e. The minimum atomic E-state index is -0.0450. The van der Waals surface area contributed by atoms with Gasteiger partial charge >= 0.3 is 0 Å². The molecule has 1 heterocycles. The van der Waals surface area contributed by atoms with Gasteiger partial charge in [-0.05, 0) is 25.5 Å². The second-order valence-electron chi connectivity index (χ2n) is 4.38. The molecule has 0 aliphatic rings. The summed E-state index contributed by atoms with van der Waals surface area (Å²) in [5.74, 6) is -0.0450. The number of nitrogens with zero attached hydrogens (tertiary/aromatic N) is 2.